The van der Waals surface area contributed by atoms with Gasteiger partial charge in [-0.15, -0.1) is 0 Å². The van der Waals surface area contributed by atoms with Gasteiger partial charge >= 0.3 is 0 Å². The highest BCUT2D eigenvalue weighted by atomic mass is 35.5. The van der Waals surface area contributed by atoms with Gasteiger partial charge in [-0.3, -0.25) is 0 Å². The van der Waals surface area contributed by atoms with Gasteiger partial charge in [-0.2, -0.15) is 0 Å². The minimum Gasteiger partial charge on any atom is -0.380 e. The Kier molecular flexibility index (Phi) is 7.25. The van der Waals surface area contributed by atoms with Crippen LogP contribution in [0.1, 0.15) is 25.8 Å². The van der Waals surface area contributed by atoms with E-state index in [9.17, 15) is 0 Å². The molecule has 96 valence electrons. The molecular formula is C14H22ClNO. The van der Waals surface area contributed by atoms with E-state index in [0.29, 0.717) is 0 Å². The minimum absolute atomic E-state index is 0.719. The molecule has 0 fully saturated rings. The van der Waals surface area contributed by atoms with Crippen molar-refractivity contribution in [2.75, 3.05) is 19.8 Å². The Morgan fingerprint density at radius 3 is 2.53 bits per heavy atom. The standard InChI is InChI=1S/C14H22ClNO/c1-12(2)7-9-17-10-8-16-11-13-3-5-14(15)6-4-13/h3-6,12,16H,7-11H2,1-2H3. The third kappa shape index (κ3) is 7.37. The van der Waals surface area contributed by atoms with Crippen molar-refractivity contribution in [3.63, 3.8) is 0 Å². The summed E-state index contributed by atoms with van der Waals surface area (Å²) in [5, 5.41) is 4.12. The maximum absolute atomic E-state index is 5.82. The van der Waals surface area contributed by atoms with Crippen molar-refractivity contribution >= 4 is 11.6 Å². The summed E-state index contributed by atoms with van der Waals surface area (Å²) in [7, 11) is 0. The van der Waals surface area contributed by atoms with Gasteiger partial charge in [-0.1, -0.05) is 37.6 Å². The molecule has 0 bridgehead atoms. The van der Waals surface area contributed by atoms with Gasteiger partial charge in [0.2, 0.25) is 0 Å². The molecule has 1 N–H and O–H groups in total. The normalized spacial score (nSPS) is 11.1. The molecular weight excluding hydrogens is 234 g/mol. The topological polar surface area (TPSA) is 21.3 Å². The fraction of sp³-hybridized carbons (Fsp3) is 0.571. The zero-order chi connectivity index (χ0) is 12.5. The van der Waals surface area contributed by atoms with E-state index in [1.165, 1.54) is 5.56 Å². The first-order chi connectivity index (χ1) is 8.18. The van der Waals surface area contributed by atoms with Gasteiger partial charge in [-0.25, -0.2) is 0 Å². The summed E-state index contributed by atoms with van der Waals surface area (Å²) in [5.74, 6) is 0.719. The lowest BCUT2D eigenvalue weighted by molar-refractivity contribution is 0.125. The Labute approximate surface area is 109 Å². The molecule has 0 spiro atoms. The maximum atomic E-state index is 5.82. The van der Waals surface area contributed by atoms with E-state index >= 15 is 0 Å². The first-order valence-corrected chi connectivity index (χ1v) is 6.59. The number of nitrogens with one attached hydrogen (secondary N) is 1. The summed E-state index contributed by atoms with van der Waals surface area (Å²) in [6.07, 6.45) is 1.14. The SMILES string of the molecule is CC(C)CCOCCNCc1ccc(Cl)cc1. The Hall–Kier alpha value is -0.570. The van der Waals surface area contributed by atoms with Crippen molar-refractivity contribution in [3.05, 3.63) is 34.9 Å². The van der Waals surface area contributed by atoms with Gasteiger partial charge in [0.25, 0.3) is 0 Å². The van der Waals surface area contributed by atoms with E-state index in [4.69, 9.17) is 16.3 Å². The molecule has 17 heavy (non-hydrogen) atoms. The largest absolute Gasteiger partial charge is 0.380 e. The fourth-order valence-electron chi connectivity index (χ4n) is 1.40. The van der Waals surface area contributed by atoms with Crippen LogP contribution >= 0.6 is 11.6 Å². The number of hydrogen-bond acceptors (Lipinski definition) is 2. The van der Waals surface area contributed by atoms with Crippen LogP contribution in [0.5, 0.6) is 0 Å². The molecule has 0 aromatic heterocycles. The van der Waals surface area contributed by atoms with Gasteiger partial charge in [0.05, 0.1) is 6.61 Å². The van der Waals surface area contributed by atoms with Crippen LogP contribution in [0.15, 0.2) is 24.3 Å². The minimum atomic E-state index is 0.719. The Morgan fingerprint density at radius 2 is 1.88 bits per heavy atom. The summed E-state index contributed by atoms with van der Waals surface area (Å²) < 4.78 is 5.52. The van der Waals surface area contributed by atoms with Gasteiger partial charge in [0.1, 0.15) is 0 Å². The fourth-order valence-corrected chi connectivity index (χ4v) is 1.53. The second-order valence-electron chi connectivity index (χ2n) is 4.60. The lowest BCUT2D eigenvalue weighted by Crippen LogP contribution is -2.19. The molecule has 0 radical (unpaired) electrons. The lowest BCUT2D eigenvalue weighted by atomic mass is 10.1. The van der Waals surface area contributed by atoms with Crippen LogP contribution in [0.3, 0.4) is 0 Å². The summed E-state index contributed by atoms with van der Waals surface area (Å²) in [5.41, 5.74) is 1.25. The molecule has 0 unspecified atom stereocenters. The van der Waals surface area contributed by atoms with Gasteiger partial charge in [-0.05, 0) is 30.0 Å². The predicted octanol–water partition coefficient (Wildman–Crippen LogP) is 3.49. The van der Waals surface area contributed by atoms with Crippen molar-refractivity contribution in [1.82, 2.24) is 5.32 Å². The van der Waals surface area contributed by atoms with Crippen LogP contribution in [0.4, 0.5) is 0 Å². The average molecular weight is 256 g/mol. The highest BCUT2D eigenvalue weighted by molar-refractivity contribution is 6.30. The maximum Gasteiger partial charge on any atom is 0.0591 e. The van der Waals surface area contributed by atoms with Crippen molar-refractivity contribution in [2.24, 2.45) is 5.92 Å². The summed E-state index contributed by atoms with van der Waals surface area (Å²) in [4.78, 5) is 0. The molecule has 0 amide bonds. The number of hydrogen-bond donors (Lipinski definition) is 1. The van der Waals surface area contributed by atoms with Crippen LogP contribution < -0.4 is 5.32 Å². The van der Waals surface area contributed by atoms with E-state index in [1.54, 1.807) is 0 Å². The highest BCUT2D eigenvalue weighted by Crippen LogP contribution is 2.08. The highest BCUT2D eigenvalue weighted by Gasteiger charge is 1.95. The van der Waals surface area contributed by atoms with Gasteiger partial charge < -0.3 is 10.1 Å². The van der Waals surface area contributed by atoms with E-state index in [-0.39, 0.29) is 0 Å². The molecule has 0 saturated heterocycles. The lowest BCUT2D eigenvalue weighted by Gasteiger charge is -2.07. The van der Waals surface area contributed by atoms with Crippen LogP contribution in [0.25, 0.3) is 0 Å². The van der Waals surface area contributed by atoms with Crippen molar-refractivity contribution in [1.29, 1.82) is 0 Å². The third-order valence-corrected chi connectivity index (χ3v) is 2.76. The Morgan fingerprint density at radius 1 is 1.18 bits per heavy atom. The van der Waals surface area contributed by atoms with E-state index in [2.05, 4.69) is 19.2 Å². The Balaban J connectivity index is 1.99. The van der Waals surface area contributed by atoms with Crippen LogP contribution in [0, 0.1) is 5.92 Å². The van der Waals surface area contributed by atoms with Crippen molar-refractivity contribution < 1.29 is 4.74 Å². The van der Waals surface area contributed by atoms with E-state index in [0.717, 1.165) is 43.7 Å². The molecule has 0 atom stereocenters. The number of ether oxygens (including phenoxy) is 1. The molecule has 1 rings (SSSR count). The Bertz CT molecular complexity index is 298. The average Bonchev–Trinajstić information content (AvgIpc) is 2.30. The molecule has 0 heterocycles. The number of halogens is 1. The molecule has 1 aromatic rings. The van der Waals surface area contributed by atoms with E-state index in [1.807, 2.05) is 24.3 Å². The monoisotopic (exact) mass is 255 g/mol. The van der Waals surface area contributed by atoms with Gasteiger partial charge in [0.15, 0.2) is 0 Å². The van der Waals surface area contributed by atoms with E-state index < -0.39 is 0 Å². The zero-order valence-corrected chi connectivity index (χ0v) is 11.5. The molecule has 2 nitrogen and oxygen atoms in total. The second kappa shape index (κ2) is 8.51. The van der Waals surface area contributed by atoms with Crippen molar-refractivity contribution in [2.45, 2.75) is 26.8 Å². The van der Waals surface area contributed by atoms with Crippen LogP contribution in [-0.4, -0.2) is 19.8 Å². The van der Waals surface area contributed by atoms with Crippen molar-refractivity contribution in [3.8, 4) is 0 Å². The summed E-state index contributed by atoms with van der Waals surface area (Å²) in [6, 6.07) is 7.90. The second-order valence-corrected chi connectivity index (χ2v) is 5.03. The van der Waals surface area contributed by atoms with Crippen LogP contribution in [0.2, 0.25) is 5.02 Å². The molecule has 0 aliphatic carbocycles. The predicted molar refractivity (Wildman–Crippen MR) is 73.4 cm³/mol. The summed E-state index contributed by atoms with van der Waals surface area (Å²) >= 11 is 5.82. The smallest absolute Gasteiger partial charge is 0.0591 e. The molecule has 3 heteroatoms. The number of rotatable bonds is 8. The first kappa shape index (κ1) is 14.5. The zero-order valence-electron chi connectivity index (χ0n) is 10.7. The number of benzene rings is 1. The quantitative estimate of drug-likeness (QED) is 0.718. The first-order valence-electron chi connectivity index (χ1n) is 6.21. The molecule has 0 aliphatic heterocycles. The van der Waals surface area contributed by atoms with Gasteiger partial charge in [0, 0.05) is 24.7 Å². The molecule has 0 saturated carbocycles. The summed E-state index contributed by atoms with van der Waals surface area (Å²) in [6.45, 7) is 7.82. The molecule has 0 aliphatic rings. The van der Waals surface area contributed by atoms with Crippen LogP contribution in [-0.2, 0) is 11.3 Å². The molecule has 1 aromatic carbocycles. The third-order valence-electron chi connectivity index (χ3n) is 2.51.